The number of nitrogens with one attached hydrogen (secondary N) is 1. The molecule has 28 heavy (non-hydrogen) atoms. The lowest BCUT2D eigenvalue weighted by Gasteiger charge is -2.19. The van der Waals surface area contributed by atoms with Crippen LogP contribution in [0.25, 0.3) is 0 Å². The number of aromatic amines is 1. The quantitative estimate of drug-likeness (QED) is 0.712. The predicted octanol–water partition coefficient (Wildman–Crippen LogP) is 2.31. The van der Waals surface area contributed by atoms with Crippen molar-refractivity contribution >= 4 is 18.3 Å². The molecule has 0 saturated heterocycles. The van der Waals surface area contributed by atoms with Gasteiger partial charge >= 0.3 is 0 Å². The number of amides is 1. The molecular formula is C19H32ClN7O. The number of H-pyrrole nitrogens is 1. The summed E-state index contributed by atoms with van der Waals surface area (Å²) in [7, 11) is 1.81. The summed E-state index contributed by atoms with van der Waals surface area (Å²) >= 11 is 0. The fraction of sp³-hybridized carbons (Fsp3) is 0.684. The summed E-state index contributed by atoms with van der Waals surface area (Å²) in [6.45, 7) is 6.54. The first kappa shape index (κ1) is 22.4. The molecule has 0 radical (unpaired) electrons. The SMILES string of the molecule is Cc1nc([C@@H](N)C(C)C)n(CC(=O)N(C)Cc2n[nH]c3c2CCCCC3)n1.Cl. The molecule has 156 valence electrons. The largest absolute Gasteiger partial charge is 0.338 e. The number of aromatic nitrogens is 5. The van der Waals surface area contributed by atoms with Crippen molar-refractivity contribution in [1.82, 2.24) is 29.9 Å². The van der Waals surface area contributed by atoms with Crippen LogP contribution in [0.5, 0.6) is 0 Å². The number of carbonyl (C=O) groups excluding carboxylic acids is 1. The van der Waals surface area contributed by atoms with Crippen molar-refractivity contribution in [2.75, 3.05) is 7.05 Å². The van der Waals surface area contributed by atoms with Gasteiger partial charge in [-0.15, -0.1) is 12.4 Å². The van der Waals surface area contributed by atoms with Gasteiger partial charge in [-0.25, -0.2) is 9.67 Å². The third-order valence-electron chi connectivity index (χ3n) is 5.31. The van der Waals surface area contributed by atoms with Crippen LogP contribution in [0.2, 0.25) is 0 Å². The van der Waals surface area contributed by atoms with Crippen LogP contribution in [0, 0.1) is 12.8 Å². The van der Waals surface area contributed by atoms with Gasteiger partial charge in [0.2, 0.25) is 5.91 Å². The molecule has 1 amide bonds. The van der Waals surface area contributed by atoms with E-state index in [1.54, 1.807) is 9.58 Å². The zero-order valence-electron chi connectivity index (χ0n) is 17.2. The molecule has 1 aliphatic rings. The zero-order chi connectivity index (χ0) is 19.6. The van der Waals surface area contributed by atoms with E-state index in [-0.39, 0.29) is 36.8 Å². The maximum absolute atomic E-state index is 12.8. The van der Waals surface area contributed by atoms with Gasteiger partial charge in [0.1, 0.15) is 18.2 Å². The molecule has 0 aliphatic heterocycles. The Labute approximate surface area is 172 Å². The minimum absolute atomic E-state index is 0. The van der Waals surface area contributed by atoms with Crippen LogP contribution < -0.4 is 5.73 Å². The van der Waals surface area contributed by atoms with Crippen molar-refractivity contribution < 1.29 is 4.79 Å². The zero-order valence-corrected chi connectivity index (χ0v) is 18.1. The molecule has 9 heteroatoms. The van der Waals surface area contributed by atoms with E-state index in [1.807, 2.05) is 27.8 Å². The Balaban J connectivity index is 0.00000280. The smallest absolute Gasteiger partial charge is 0.244 e. The van der Waals surface area contributed by atoms with Gasteiger partial charge in [0.15, 0.2) is 0 Å². The summed E-state index contributed by atoms with van der Waals surface area (Å²) in [6.07, 6.45) is 5.73. The Bertz CT molecular complexity index is 798. The number of fused-ring (bicyclic) bond motifs is 1. The minimum Gasteiger partial charge on any atom is -0.338 e. The highest BCUT2D eigenvalue weighted by Gasteiger charge is 2.23. The topological polar surface area (TPSA) is 106 Å². The molecule has 0 bridgehead atoms. The summed E-state index contributed by atoms with van der Waals surface area (Å²) in [5.74, 6) is 1.49. The number of hydrogen-bond acceptors (Lipinski definition) is 5. The second-order valence-corrected chi connectivity index (χ2v) is 7.88. The van der Waals surface area contributed by atoms with Crippen LogP contribution in [0.1, 0.15) is 67.8 Å². The molecule has 2 aromatic rings. The Hall–Kier alpha value is -1.93. The van der Waals surface area contributed by atoms with Crippen LogP contribution in [-0.4, -0.2) is 42.8 Å². The molecule has 0 fully saturated rings. The predicted molar refractivity (Wildman–Crippen MR) is 110 cm³/mol. The normalized spacial score (nSPS) is 14.9. The fourth-order valence-electron chi connectivity index (χ4n) is 3.55. The molecule has 1 aliphatic carbocycles. The van der Waals surface area contributed by atoms with Crippen molar-refractivity contribution in [3.63, 3.8) is 0 Å². The van der Waals surface area contributed by atoms with E-state index in [1.165, 1.54) is 30.5 Å². The molecule has 3 rings (SSSR count). The van der Waals surface area contributed by atoms with Crippen LogP contribution in [-0.2, 0) is 30.7 Å². The van der Waals surface area contributed by atoms with E-state index in [0.717, 1.165) is 18.5 Å². The molecule has 2 aromatic heterocycles. The van der Waals surface area contributed by atoms with Gasteiger partial charge in [-0.05, 0) is 44.1 Å². The Morgan fingerprint density at radius 2 is 2.00 bits per heavy atom. The first-order valence-electron chi connectivity index (χ1n) is 9.82. The first-order valence-corrected chi connectivity index (χ1v) is 9.82. The van der Waals surface area contributed by atoms with E-state index < -0.39 is 0 Å². The summed E-state index contributed by atoms with van der Waals surface area (Å²) in [4.78, 5) is 18.9. The van der Waals surface area contributed by atoms with Crippen molar-refractivity contribution in [3.8, 4) is 0 Å². The van der Waals surface area contributed by atoms with Gasteiger partial charge < -0.3 is 10.6 Å². The molecule has 0 saturated carbocycles. The maximum Gasteiger partial charge on any atom is 0.244 e. The standard InChI is InChI=1S/C19H31N7O.ClH/c1-12(2)18(20)19-21-13(3)24-26(19)11-17(27)25(4)10-16-14-8-6-5-7-9-15(14)22-23-16;/h12,18H,5-11,20H2,1-4H3,(H,22,23);1H/t18-;/m0./s1. The minimum atomic E-state index is -0.244. The second-order valence-electron chi connectivity index (χ2n) is 7.88. The third-order valence-corrected chi connectivity index (χ3v) is 5.31. The van der Waals surface area contributed by atoms with Gasteiger partial charge in [-0.1, -0.05) is 20.3 Å². The van der Waals surface area contributed by atoms with E-state index >= 15 is 0 Å². The van der Waals surface area contributed by atoms with E-state index in [0.29, 0.717) is 18.2 Å². The number of likely N-dealkylation sites (N-methyl/N-ethyl adjacent to an activating group) is 1. The first-order chi connectivity index (χ1) is 12.9. The molecule has 0 spiro atoms. The average Bonchev–Trinajstić information content (AvgIpc) is 3.08. The molecule has 8 nitrogen and oxygen atoms in total. The molecule has 1 atom stereocenters. The molecular weight excluding hydrogens is 378 g/mol. The maximum atomic E-state index is 12.8. The number of nitrogens with two attached hydrogens (primary N) is 1. The Kier molecular flexibility index (Phi) is 7.60. The average molecular weight is 410 g/mol. The van der Waals surface area contributed by atoms with Crippen molar-refractivity contribution in [3.05, 3.63) is 28.6 Å². The van der Waals surface area contributed by atoms with E-state index in [4.69, 9.17) is 5.73 Å². The number of nitrogens with zero attached hydrogens (tertiary/aromatic N) is 5. The molecule has 2 heterocycles. The Morgan fingerprint density at radius 1 is 1.29 bits per heavy atom. The third kappa shape index (κ3) is 4.91. The van der Waals surface area contributed by atoms with Crippen LogP contribution in [0.3, 0.4) is 0 Å². The van der Waals surface area contributed by atoms with Crippen molar-refractivity contribution in [2.24, 2.45) is 11.7 Å². The van der Waals surface area contributed by atoms with Gasteiger partial charge in [0, 0.05) is 12.7 Å². The second kappa shape index (κ2) is 9.52. The van der Waals surface area contributed by atoms with Crippen LogP contribution in [0.4, 0.5) is 0 Å². The summed E-state index contributed by atoms with van der Waals surface area (Å²) in [5, 5.41) is 12.0. The lowest BCUT2D eigenvalue weighted by atomic mass is 10.1. The van der Waals surface area contributed by atoms with Crippen molar-refractivity contribution in [1.29, 1.82) is 0 Å². The van der Waals surface area contributed by atoms with Gasteiger partial charge in [-0.2, -0.15) is 10.2 Å². The molecule has 0 unspecified atom stereocenters. The highest BCUT2D eigenvalue weighted by molar-refractivity contribution is 5.85. The number of rotatable bonds is 6. The van der Waals surface area contributed by atoms with Gasteiger partial charge in [0.25, 0.3) is 0 Å². The fourth-order valence-corrected chi connectivity index (χ4v) is 3.55. The number of aryl methyl sites for hydroxylation is 2. The van der Waals surface area contributed by atoms with Crippen LogP contribution >= 0.6 is 12.4 Å². The summed E-state index contributed by atoms with van der Waals surface area (Å²) in [6, 6.07) is -0.244. The van der Waals surface area contributed by atoms with Crippen molar-refractivity contribution in [2.45, 2.75) is 72.0 Å². The number of hydrogen-bond donors (Lipinski definition) is 2. The lowest BCUT2D eigenvalue weighted by Crippen LogP contribution is -2.32. The number of carbonyl (C=O) groups is 1. The lowest BCUT2D eigenvalue weighted by molar-refractivity contribution is -0.131. The summed E-state index contributed by atoms with van der Waals surface area (Å²) in [5.41, 5.74) is 9.76. The van der Waals surface area contributed by atoms with Crippen LogP contribution in [0.15, 0.2) is 0 Å². The molecule has 3 N–H and O–H groups in total. The number of halogens is 1. The summed E-state index contributed by atoms with van der Waals surface area (Å²) < 4.78 is 1.64. The highest BCUT2D eigenvalue weighted by atomic mass is 35.5. The van der Waals surface area contributed by atoms with E-state index in [9.17, 15) is 4.79 Å². The van der Waals surface area contributed by atoms with E-state index in [2.05, 4.69) is 20.3 Å². The molecule has 0 aromatic carbocycles. The van der Waals surface area contributed by atoms with Gasteiger partial charge in [0.05, 0.1) is 18.3 Å². The van der Waals surface area contributed by atoms with Gasteiger partial charge in [-0.3, -0.25) is 9.89 Å². The monoisotopic (exact) mass is 409 g/mol. The Morgan fingerprint density at radius 3 is 2.71 bits per heavy atom. The highest BCUT2D eigenvalue weighted by Crippen LogP contribution is 2.22.